The van der Waals surface area contributed by atoms with Gasteiger partial charge in [0, 0.05) is 6.54 Å². The lowest BCUT2D eigenvalue weighted by molar-refractivity contribution is 0.568. The van der Waals surface area contributed by atoms with E-state index in [0.29, 0.717) is 17.9 Å². The van der Waals surface area contributed by atoms with E-state index in [1.165, 1.54) is 12.3 Å². The van der Waals surface area contributed by atoms with Gasteiger partial charge >= 0.3 is 0 Å². The van der Waals surface area contributed by atoms with Crippen molar-refractivity contribution in [1.29, 1.82) is 0 Å². The molecule has 0 radical (unpaired) electrons. The molecular weight excluding hydrogens is 261 g/mol. The van der Waals surface area contributed by atoms with Crippen LogP contribution in [0.15, 0.2) is 39.4 Å². The summed E-state index contributed by atoms with van der Waals surface area (Å²) in [6.45, 7) is 0.330. The summed E-state index contributed by atoms with van der Waals surface area (Å²) in [6.07, 6.45) is 1.51. The second kappa shape index (κ2) is 4.16. The Morgan fingerprint density at radius 1 is 1.33 bits per heavy atom. The Bertz CT molecular complexity index is 481. The van der Waals surface area contributed by atoms with Gasteiger partial charge in [-0.05, 0) is 39.7 Å². The predicted molar refractivity (Wildman–Crippen MR) is 59.7 cm³/mol. The van der Waals surface area contributed by atoms with E-state index >= 15 is 0 Å². The van der Waals surface area contributed by atoms with E-state index in [-0.39, 0.29) is 5.82 Å². The summed E-state index contributed by atoms with van der Waals surface area (Å²) in [7, 11) is 0. The topological polar surface area (TPSA) is 39.2 Å². The van der Waals surface area contributed by atoms with Crippen molar-refractivity contribution >= 4 is 15.9 Å². The number of hydrogen-bond acceptors (Lipinski definition) is 2. The van der Waals surface area contributed by atoms with Gasteiger partial charge in [-0.25, -0.2) is 4.39 Å². The van der Waals surface area contributed by atoms with Gasteiger partial charge in [0.05, 0.1) is 16.3 Å². The van der Waals surface area contributed by atoms with Crippen LogP contribution in [0.4, 0.5) is 4.39 Å². The van der Waals surface area contributed by atoms with Gasteiger partial charge in [-0.2, -0.15) is 0 Å². The normalized spacial score (nSPS) is 10.6. The first-order chi connectivity index (χ1) is 7.22. The monoisotopic (exact) mass is 269 g/mol. The molecule has 2 rings (SSSR count). The van der Waals surface area contributed by atoms with Gasteiger partial charge in [-0.1, -0.05) is 6.07 Å². The lowest BCUT2D eigenvalue weighted by atomic mass is 10.1. The zero-order chi connectivity index (χ0) is 10.8. The Morgan fingerprint density at radius 2 is 2.13 bits per heavy atom. The molecule has 2 N–H and O–H groups in total. The van der Waals surface area contributed by atoms with E-state index in [2.05, 4.69) is 15.9 Å². The Kier molecular flexibility index (Phi) is 2.88. The van der Waals surface area contributed by atoms with Gasteiger partial charge in [-0.3, -0.25) is 0 Å². The number of benzene rings is 1. The van der Waals surface area contributed by atoms with Gasteiger partial charge in [0.1, 0.15) is 5.82 Å². The fraction of sp³-hybridized carbons (Fsp3) is 0.0909. The molecule has 1 aromatic carbocycles. The molecule has 0 aliphatic heterocycles. The van der Waals surface area contributed by atoms with Gasteiger partial charge in [0.2, 0.25) is 0 Å². The minimum Gasteiger partial charge on any atom is -0.463 e. The van der Waals surface area contributed by atoms with Crippen LogP contribution >= 0.6 is 15.9 Å². The molecular formula is C11H9BrFNO. The number of halogens is 2. The molecule has 0 aliphatic carbocycles. The Hall–Kier alpha value is -1.13. The minimum atomic E-state index is -0.325. The quantitative estimate of drug-likeness (QED) is 0.909. The summed E-state index contributed by atoms with van der Waals surface area (Å²) >= 11 is 3.29. The summed E-state index contributed by atoms with van der Waals surface area (Å²) in [6, 6.07) is 6.60. The number of rotatable bonds is 2. The fourth-order valence-corrected chi connectivity index (χ4v) is 1.77. The number of nitrogens with two attached hydrogens (primary N) is 1. The molecule has 1 heterocycles. The van der Waals surface area contributed by atoms with Gasteiger partial charge in [-0.15, -0.1) is 0 Å². The average Bonchev–Trinajstić information content (AvgIpc) is 2.64. The summed E-state index contributed by atoms with van der Waals surface area (Å²) in [5.74, 6) is 0.171. The lowest BCUT2D eigenvalue weighted by Gasteiger charge is -2.02. The third-order valence-corrected chi connectivity index (χ3v) is 2.76. The van der Waals surface area contributed by atoms with Crippen molar-refractivity contribution in [3.05, 3.63) is 46.4 Å². The highest BCUT2D eigenvalue weighted by atomic mass is 79.9. The molecule has 0 aliphatic rings. The van der Waals surface area contributed by atoms with E-state index < -0.39 is 0 Å². The van der Waals surface area contributed by atoms with Crippen LogP contribution in [0.2, 0.25) is 0 Å². The summed E-state index contributed by atoms with van der Waals surface area (Å²) < 4.78 is 19.6. The molecule has 0 fully saturated rings. The van der Waals surface area contributed by atoms with Crippen molar-refractivity contribution in [2.75, 3.05) is 0 Å². The fourth-order valence-electron chi connectivity index (χ4n) is 1.36. The van der Waals surface area contributed by atoms with Crippen molar-refractivity contribution in [3.8, 4) is 11.3 Å². The highest BCUT2D eigenvalue weighted by Gasteiger charge is 2.11. The Balaban J connectivity index is 2.50. The van der Waals surface area contributed by atoms with Gasteiger partial charge in [0.15, 0.2) is 5.76 Å². The maximum atomic E-state index is 13.6. The molecule has 0 bridgehead atoms. The molecule has 0 saturated heterocycles. The van der Waals surface area contributed by atoms with Crippen LogP contribution in [0.3, 0.4) is 0 Å². The van der Waals surface area contributed by atoms with Crippen LogP contribution in [-0.4, -0.2) is 0 Å². The SMILES string of the molecule is NCc1ccc(-c2occc2Br)c(F)c1. The third-order valence-electron chi connectivity index (χ3n) is 2.13. The average molecular weight is 270 g/mol. The van der Waals surface area contributed by atoms with E-state index in [0.717, 1.165) is 10.0 Å². The largest absolute Gasteiger partial charge is 0.463 e. The van der Waals surface area contributed by atoms with Crippen molar-refractivity contribution in [2.24, 2.45) is 5.73 Å². The molecule has 0 unspecified atom stereocenters. The van der Waals surface area contributed by atoms with Crippen molar-refractivity contribution in [2.45, 2.75) is 6.54 Å². The second-order valence-corrected chi connectivity index (χ2v) is 3.97. The first-order valence-electron chi connectivity index (χ1n) is 4.44. The van der Waals surface area contributed by atoms with Crippen LogP contribution in [0.1, 0.15) is 5.56 Å². The summed E-state index contributed by atoms with van der Waals surface area (Å²) in [5.41, 5.74) is 6.62. The standard InChI is InChI=1S/C11H9BrFNO/c12-9-3-4-15-11(9)8-2-1-7(6-14)5-10(8)13/h1-5H,6,14H2. The molecule has 0 atom stereocenters. The zero-order valence-corrected chi connectivity index (χ0v) is 9.42. The van der Waals surface area contributed by atoms with Crippen LogP contribution in [-0.2, 0) is 6.54 Å². The molecule has 0 saturated carbocycles. The lowest BCUT2D eigenvalue weighted by Crippen LogP contribution is -1.97. The molecule has 78 valence electrons. The van der Waals surface area contributed by atoms with Crippen molar-refractivity contribution in [1.82, 2.24) is 0 Å². The van der Waals surface area contributed by atoms with Crippen molar-refractivity contribution < 1.29 is 8.81 Å². The third kappa shape index (κ3) is 1.96. The maximum Gasteiger partial charge on any atom is 0.150 e. The summed E-state index contributed by atoms with van der Waals surface area (Å²) in [4.78, 5) is 0. The minimum absolute atomic E-state index is 0.325. The zero-order valence-electron chi connectivity index (χ0n) is 7.84. The highest BCUT2D eigenvalue weighted by molar-refractivity contribution is 9.10. The van der Waals surface area contributed by atoms with E-state index in [1.54, 1.807) is 18.2 Å². The molecule has 4 heteroatoms. The molecule has 2 nitrogen and oxygen atoms in total. The van der Waals surface area contributed by atoms with E-state index in [9.17, 15) is 4.39 Å². The van der Waals surface area contributed by atoms with Crippen LogP contribution in [0, 0.1) is 5.82 Å². The van der Waals surface area contributed by atoms with E-state index in [1.807, 2.05) is 0 Å². The highest BCUT2D eigenvalue weighted by Crippen LogP contribution is 2.31. The predicted octanol–water partition coefficient (Wildman–Crippen LogP) is 3.31. The molecule has 1 aromatic heterocycles. The van der Waals surface area contributed by atoms with Crippen LogP contribution in [0.5, 0.6) is 0 Å². The van der Waals surface area contributed by atoms with Gasteiger partial charge in [0.25, 0.3) is 0 Å². The van der Waals surface area contributed by atoms with Gasteiger partial charge < -0.3 is 10.2 Å². The van der Waals surface area contributed by atoms with Crippen LogP contribution in [0.25, 0.3) is 11.3 Å². The van der Waals surface area contributed by atoms with Crippen molar-refractivity contribution in [3.63, 3.8) is 0 Å². The molecule has 2 aromatic rings. The maximum absolute atomic E-state index is 13.6. The molecule has 0 spiro atoms. The number of furan rings is 1. The smallest absolute Gasteiger partial charge is 0.150 e. The van der Waals surface area contributed by atoms with Crippen LogP contribution < -0.4 is 5.73 Å². The Labute approximate surface area is 95.0 Å². The first-order valence-corrected chi connectivity index (χ1v) is 5.23. The molecule has 15 heavy (non-hydrogen) atoms. The number of hydrogen-bond donors (Lipinski definition) is 1. The summed E-state index contributed by atoms with van der Waals surface area (Å²) in [5, 5.41) is 0. The second-order valence-electron chi connectivity index (χ2n) is 3.12. The van der Waals surface area contributed by atoms with E-state index in [4.69, 9.17) is 10.2 Å². The molecule has 0 amide bonds. The first kappa shape index (κ1) is 10.4. The Morgan fingerprint density at radius 3 is 2.67 bits per heavy atom.